The van der Waals surface area contributed by atoms with Gasteiger partial charge >= 0.3 is 0 Å². The van der Waals surface area contributed by atoms with E-state index in [4.69, 9.17) is 4.52 Å². The molecule has 6 nitrogen and oxygen atoms in total. The third-order valence-corrected chi connectivity index (χ3v) is 5.19. The second-order valence-corrected chi connectivity index (χ2v) is 7.38. The van der Waals surface area contributed by atoms with Crippen molar-refractivity contribution in [2.45, 2.75) is 33.2 Å². The molecule has 1 aromatic carbocycles. The molecule has 0 fully saturated rings. The second-order valence-electron chi connectivity index (χ2n) is 7.38. The summed E-state index contributed by atoms with van der Waals surface area (Å²) in [5, 5.41) is 4.56. The molecular weight excluding hydrogens is 383 g/mol. The van der Waals surface area contributed by atoms with Crippen LogP contribution in [0.15, 0.2) is 47.1 Å². The molecule has 0 bridgehead atoms. The zero-order valence-electron chi connectivity index (χ0n) is 17.2. The maximum atomic E-state index is 14.0. The van der Waals surface area contributed by atoms with Gasteiger partial charge in [0.1, 0.15) is 5.82 Å². The summed E-state index contributed by atoms with van der Waals surface area (Å²) in [7, 11) is 1.72. The van der Waals surface area contributed by atoms with Gasteiger partial charge in [-0.2, -0.15) is 0 Å². The normalized spacial score (nSPS) is 11.2. The molecule has 7 heteroatoms. The Balaban J connectivity index is 1.73. The number of nitrogens with zero attached hydrogens (tertiary/aromatic N) is 3. The highest BCUT2D eigenvalue weighted by molar-refractivity contribution is 5.95. The van der Waals surface area contributed by atoms with Gasteiger partial charge in [0, 0.05) is 41.5 Å². The van der Waals surface area contributed by atoms with Gasteiger partial charge in [-0.05, 0) is 49.2 Å². The quantitative estimate of drug-likeness (QED) is 0.514. The highest BCUT2D eigenvalue weighted by Crippen LogP contribution is 2.33. The van der Waals surface area contributed by atoms with E-state index in [1.807, 2.05) is 26.0 Å². The highest BCUT2D eigenvalue weighted by atomic mass is 19.1. The average Bonchev–Trinajstić information content (AvgIpc) is 3.31. The lowest BCUT2D eigenvalue weighted by Crippen LogP contribution is -2.27. The Bertz CT molecular complexity index is 1210. The van der Waals surface area contributed by atoms with Gasteiger partial charge in [0.25, 0.3) is 0 Å². The smallest absolute Gasteiger partial charge is 0.227 e. The van der Waals surface area contributed by atoms with Gasteiger partial charge in [-0.1, -0.05) is 12.1 Å². The molecule has 3 heterocycles. The molecule has 4 rings (SSSR count). The summed E-state index contributed by atoms with van der Waals surface area (Å²) in [6.45, 7) is 4.19. The molecule has 154 valence electrons. The third-order valence-electron chi connectivity index (χ3n) is 5.19. The monoisotopic (exact) mass is 406 g/mol. The van der Waals surface area contributed by atoms with Crippen LogP contribution >= 0.6 is 0 Å². The van der Waals surface area contributed by atoms with E-state index in [1.165, 1.54) is 12.1 Å². The summed E-state index contributed by atoms with van der Waals surface area (Å²) in [4.78, 5) is 22.5. The molecule has 0 saturated carbocycles. The van der Waals surface area contributed by atoms with E-state index in [9.17, 15) is 9.18 Å². The first kappa shape index (κ1) is 19.8. The first-order valence-electron chi connectivity index (χ1n) is 9.86. The van der Waals surface area contributed by atoms with Crippen LogP contribution in [-0.2, 0) is 24.2 Å². The molecule has 0 atom stereocenters. The van der Waals surface area contributed by atoms with Crippen LogP contribution < -0.4 is 0 Å². The van der Waals surface area contributed by atoms with Gasteiger partial charge < -0.3 is 14.4 Å². The number of aryl methyl sites for hydroxylation is 2. The van der Waals surface area contributed by atoms with Crippen molar-refractivity contribution in [1.82, 2.24) is 20.0 Å². The molecule has 0 aliphatic rings. The summed E-state index contributed by atoms with van der Waals surface area (Å²) >= 11 is 0. The number of amides is 1. The number of H-pyrrole nitrogens is 1. The fraction of sp³-hybridized carbons (Fsp3) is 0.261. The third kappa shape index (κ3) is 3.83. The molecule has 0 spiro atoms. The maximum absolute atomic E-state index is 14.0. The van der Waals surface area contributed by atoms with E-state index in [0.717, 1.165) is 40.1 Å². The van der Waals surface area contributed by atoms with Crippen molar-refractivity contribution in [3.63, 3.8) is 0 Å². The fourth-order valence-corrected chi connectivity index (χ4v) is 3.68. The van der Waals surface area contributed by atoms with Crippen LogP contribution in [0.25, 0.3) is 22.2 Å². The number of hydrogen-bond donors (Lipinski definition) is 1. The van der Waals surface area contributed by atoms with Crippen molar-refractivity contribution in [3.8, 4) is 11.3 Å². The number of nitrogens with one attached hydrogen (secondary N) is 1. The van der Waals surface area contributed by atoms with Crippen LogP contribution in [-0.4, -0.2) is 33.0 Å². The van der Waals surface area contributed by atoms with Gasteiger partial charge in [0.05, 0.1) is 24.4 Å². The van der Waals surface area contributed by atoms with Crippen molar-refractivity contribution in [2.24, 2.45) is 0 Å². The largest absolute Gasteiger partial charge is 0.359 e. The van der Waals surface area contributed by atoms with Gasteiger partial charge in [-0.3, -0.25) is 9.78 Å². The van der Waals surface area contributed by atoms with E-state index in [2.05, 4.69) is 15.1 Å². The lowest BCUT2D eigenvalue weighted by Gasteiger charge is -2.16. The lowest BCUT2D eigenvalue weighted by atomic mass is 10.00. The van der Waals surface area contributed by atoms with E-state index >= 15 is 0 Å². The van der Waals surface area contributed by atoms with Crippen LogP contribution in [0.5, 0.6) is 0 Å². The van der Waals surface area contributed by atoms with Crippen LogP contribution in [0, 0.1) is 12.7 Å². The average molecular weight is 406 g/mol. The molecule has 0 unspecified atom stereocenters. The zero-order chi connectivity index (χ0) is 21.3. The topological polar surface area (TPSA) is 75.0 Å². The molecule has 3 aromatic heterocycles. The summed E-state index contributed by atoms with van der Waals surface area (Å²) < 4.78 is 19.2. The summed E-state index contributed by atoms with van der Waals surface area (Å²) in [6.07, 6.45) is 2.63. The van der Waals surface area contributed by atoms with Crippen LogP contribution in [0.2, 0.25) is 0 Å². The minimum absolute atomic E-state index is 0.0996. The lowest BCUT2D eigenvalue weighted by molar-refractivity contribution is -0.129. The molecular formula is C23H23FN4O2. The van der Waals surface area contributed by atoms with E-state index in [-0.39, 0.29) is 18.1 Å². The Morgan fingerprint density at radius 1 is 1.27 bits per heavy atom. The molecule has 1 N–H and O–H groups in total. The molecule has 30 heavy (non-hydrogen) atoms. The predicted octanol–water partition coefficient (Wildman–Crippen LogP) is 4.43. The van der Waals surface area contributed by atoms with Crippen molar-refractivity contribution in [1.29, 1.82) is 0 Å². The Morgan fingerprint density at radius 2 is 2.10 bits per heavy atom. The predicted molar refractivity (Wildman–Crippen MR) is 112 cm³/mol. The minimum Gasteiger partial charge on any atom is -0.359 e. The van der Waals surface area contributed by atoms with E-state index in [0.29, 0.717) is 17.7 Å². The number of fused-ring (bicyclic) bond motifs is 1. The number of hydrogen-bond acceptors (Lipinski definition) is 4. The Hall–Kier alpha value is -3.48. The van der Waals surface area contributed by atoms with Gasteiger partial charge in [0.15, 0.2) is 5.76 Å². The van der Waals surface area contributed by atoms with Crippen LogP contribution in [0.4, 0.5) is 4.39 Å². The second kappa shape index (κ2) is 8.10. The van der Waals surface area contributed by atoms with Crippen molar-refractivity contribution >= 4 is 16.8 Å². The van der Waals surface area contributed by atoms with E-state index in [1.54, 1.807) is 30.3 Å². The zero-order valence-corrected chi connectivity index (χ0v) is 17.2. The number of aromatic nitrogens is 3. The van der Waals surface area contributed by atoms with Gasteiger partial charge in [-0.25, -0.2) is 4.39 Å². The minimum atomic E-state index is -0.339. The van der Waals surface area contributed by atoms with E-state index < -0.39 is 0 Å². The molecule has 0 aliphatic carbocycles. The number of rotatable bonds is 6. The molecule has 4 aromatic rings. The standard InChI is InChI=1S/C23H23FN4O2/c1-4-20-17(6-5-9-25-20)23-19(18-11-15(24)7-8-21(18)26-23)12-22(29)28(3)13-16-10-14(2)27-30-16/h5-11,26H,4,12-13H2,1-3H3. The summed E-state index contributed by atoms with van der Waals surface area (Å²) in [5.41, 5.74) is 4.96. The first-order chi connectivity index (χ1) is 14.5. The Kier molecular flexibility index (Phi) is 5.35. The molecule has 0 radical (unpaired) electrons. The Morgan fingerprint density at radius 3 is 2.83 bits per heavy atom. The number of halogens is 1. The molecule has 0 aliphatic heterocycles. The van der Waals surface area contributed by atoms with Crippen molar-refractivity contribution < 1.29 is 13.7 Å². The van der Waals surface area contributed by atoms with Gasteiger partial charge in [0.2, 0.25) is 5.91 Å². The van der Waals surface area contributed by atoms with Crippen molar-refractivity contribution in [2.75, 3.05) is 7.05 Å². The summed E-state index contributed by atoms with van der Waals surface area (Å²) in [6, 6.07) is 10.2. The SMILES string of the molecule is CCc1ncccc1-c1[nH]c2ccc(F)cc2c1CC(=O)N(C)Cc1cc(C)no1. The number of likely N-dealkylation sites (N-methyl/N-ethyl adjacent to an activating group) is 1. The summed E-state index contributed by atoms with van der Waals surface area (Å²) in [5.74, 6) is 0.181. The number of carbonyl (C=O) groups is 1. The number of pyridine rings is 1. The molecule has 1 amide bonds. The van der Waals surface area contributed by atoms with Crippen LogP contribution in [0.1, 0.15) is 29.6 Å². The van der Waals surface area contributed by atoms with Gasteiger partial charge in [-0.15, -0.1) is 0 Å². The number of carbonyl (C=O) groups excluding carboxylic acids is 1. The fourth-order valence-electron chi connectivity index (χ4n) is 3.68. The van der Waals surface area contributed by atoms with Crippen molar-refractivity contribution in [3.05, 3.63) is 71.1 Å². The maximum Gasteiger partial charge on any atom is 0.227 e. The number of benzene rings is 1. The highest BCUT2D eigenvalue weighted by Gasteiger charge is 2.21. The number of aromatic amines is 1. The first-order valence-corrected chi connectivity index (χ1v) is 9.86. The Labute approximate surface area is 173 Å². The molecule has 0 saturated heterocycles. The van der Waals surface area contributed by atoms with Crippen LogP contribution in [0.3, 0.4) is 0 Å².